The third kappa shape index (κ3) is 1.77. The lowest BCUT2D eigenvalue weighted by atomic mass is 10.1. The first kappa shape index (κ1) is 11.8. The Kier molecular flexibility index (Phi) is 2.93. The molecule has 0 aliphatic carbocycles. The van der Waals surface area contributed by atoms with Gasteiger partial charge in [0.15, 0.2) is 5.82 Å². The van der Waals surface area contributed by atoms with E-state index in [4.69, 9.17) is 5.73 Å². The van der Waals surface area contributed by atoms with E-state index in [1.165, 1.54) is 19.4 Å². The number of aryl methyl sites for hydroxylation is 2. The topological polar surface area (TPSA) is 50.3 Å². The van der Waals surface area contributed by atoms with E-state index in [-0.39, 0.29) is 0 Å². The van der Waals surface area contributed by atoms with Gasteiger partial charge in [0, 0.05) is 32.7 Å². The highest BCUT2D eigenvalue weighted by molar-refractivity contribution is 5.66. The lowest BCUT2D eigenvalue weighted by molar-refractivity contribution is 0.229. The molecule has 0 radical (unpaired) electrons. The van der Waals surface area contributed by atoms with Crippen molar-refractivity contribution in [1.29, 1.82) is 0 Å². The van der Waals surface area contributed by atoms with Gasteiger partial charge in [-0.05, 0) is 25.8 Å². The van der Waals surface area contributed by atoms with Crippen LogP contribution in [-0.2, 0) is 13.5 Å². The van der Waals surface area contributed by atoms with E-state index in [1.54, 1.807) is 0 Å². The first-order valence-corrected chi connectivity index (χ1v) is 7.01. The first-order chi connectivity index (χ1) is 8.70. The van der Waals surface area contributed by atoms with Crippen LogP contribution in [0.3, 0.4) is 0 Å². The molecule has 1 unspecified atom stereocenters. The average Bonchev–Trinajstić information content (AvgIpc) is 2.93. The van der Waals surface area contributed by atoms with Crippen LogP contribution in [0, 0.1) is 0 Å². The fourth-order valence-corrected chi connectivity index (χ4v) is 3.41. The van der Waals surface area contributed by atoms with Crippen molar-refractivity contribution >= 4 is 11.5 Å². The van der Waals surface area contributed by atoms with Crippen molar-refractivity contribution in [2.45, 2.75) is 32.2 Å². The molecule has 5 nitrogen and oxygen atoms in total. The number of hydrogen-bond acceptors (Lipinski definition) is 4. The minimum absolute atomic E-state index is 0.720. The van der Waals surface area contributed by atoms with Gasteiger partial charge in [-0.15, -0.1) is 0 Å². The standard InChI is InChI=1S/C13H23N5/c1-3-11-12(14)13(16(2)15-11)18-8-7-17-6-4-5-10(17)9-18/h10H,3-9,14H2,1-2H3. The maximum atomic E-state index is 6.24. The monoisotopic (exact) mass is 249 g/mol. The van der Waals surface area contributed by atoms with E-state index in [9.17, 15) is 0 Å². The lowest BCUT2D eigenvalue weighted by Crippen LogP contribution is -2.50. The molecule has 100 valence electrons. The van der Waals surface area contributed by atoms with Crippen LogP contribution in [0.4, 0.5) is 11.5 Å². The zero-order chi connectivity index (χ0) is 12.7. The predicted molar refractivity (Wildman–Crippen MR) is 73.8 cm³/mol. The van der Waals surface area contributed by atoms with Gasteiger partial charge in [0.2, 0.25) is 0 Å². The molecule has 3 heterocycles. The number of nitrogen functional groups attached to an aromatic ring is 1. The molecule has 2 aliphatic heterocycles. The molecule has 3 rings (SSSR count). The number of anilines is 2. The summed E-state index contributed by atoms with van der Waals surface area (Å²) in [5, 5.41) is 4.53. The Morgan fingerprint density at radius 1 is 1.33 bits per heavy atom. The Bertz CT molecular complexity index is 439. The van der Waals surface area contributed by atoms with Gasteiger partial charge in [-0.1, -0.05) is 6.92 Å². The lowest BCUT2D eigenvalue weighted by Gasteiger charge is -2.38. The number of piperazine rings is 1. The maximum absolute atomic E-state index is 6.24. The highest BCUT2D eigenvalue weighted by Crippen LogP contribution is 2.30. The van der Waals surface area contributed by atoms with E-state index in [1.807, 2.05) is 11.7 Å². The minimum atomic E-state index is 0.720. The second-order valence-corrected chi connectivity index (χ2v) is 5.44. The van der Waals surface area contributed by atoms with Crippen molar-refractivity contribution in [3.05, 3.63) is 5.69 Å². The van der Waals surface area contributed by atoms with E-state index in [0.717, 1.165) is 49.3 Å². The molecule has 2 N–H and O–H groups in total. The van der Waals surface area contributed by atoms with E-state index >= 15 is 0 Å². The minimum Gasteiger partial charge on any atom is -0.394 e. The summed E-state index contributed by atoms with van der Waals surface area (Å²) in [5.41, 5.74) is 8.15. The Hall–Kier alpha value is -1.23. The van der Waals surface area contributed by atoms with Gasteiger partial charge in [0.25, 0.3) is 0 Å². The van der Waals surface area contributed by atoms with E-state index in [2.05, 4.69) is 21.8 Å². The number of aromatic nitrogens is 2. The summed E-state index contributed by atoms with van der Waals surface area (Å²) in [4.78, 5) is 5.04. The van der Waals surface area contributed by atoms with Gasteiger partial charge >= 0.3 is 0 Å². The van der Waals surface area contributed by atoms with Crippen molar-refractivity contribution in [3.8, 4) is 0 Å². The molecule has 2 saturated heterocycles. The summed E-state index contributed by atoms with van der Waals surface area (Å²) in [6.45, 7) is 6.73. The van der Waals surface area contributed by atoms with Crippen molar-refractivity contribution < 1.29 is 0 Å². The van der Waals surface area contributed by atoms with Gasteiger partial charge < -0.3 is 10.6 Å². The number of rotatable bonds is 2. The molecule has 1 atom stereocenters. The van der Waals surface area contributed by atoms with Crippen LogP contribution in [0.15, 0.2) is 0 Å². The Morgan fingerprint density at radius 2 is 2.17 bits per heavy atom. The zero-order valence-electron chi connectivity index (χ0n) is 11.4. The van der Waals surface area contributed by atoms with Gasteiger partial charge in [-0.3, -0.25) is 9.58 Å². The highest BCUT2D eigenvalue weighted by Gasteiger charge is 2.32. The summed E-state index contributed by atoms with van der Waals surface area (Å²) < 4.78 is 1.96. The molecule has 1 aromatic heterocycles. The molecule has 18 heavy (non-hydrogen) atoms. The molecule has 0 amide bonds. The number of hydrogen-bond donors (Lipinski definition) is 1. The van der Waals surface area contributed by atoms with Gasteiger partial charge in [-0.25, -0.2) is 0 Å². The van der Waals surface area contributed by atoms with Crippen LogP contribution < -0.4 is 10.6 Å². The smallest absolute Gasteiger partial charge is 0.150 e. The molecular weight excluding hydrogens is 226 g/mol. The van der Waals surface area contributed by atoms with Gasteiger partial charge in [0.1, 0.15) is 0 Å². The van der Waals surface area contributed by atoms with Crippen LogP contribution in [0.25, 0.3) is 0 Å². The molecular formula is C13H23N5. The molecule has 2 aliphatic rings. The van der Waals surface area contributed by atoms with E-state index in [0.29, 0.717) is 0 Å². The van der Waals surface area contributed by atoms with E-state index < -0.39 is 0 Å². The van der Waals surface area contributed by atoms with Crippen molar-refractivity contribution in [1.82, 2.24) is 14.7 Å². The third-order valence-electron chi connectivity index (χ3n) is 4.35. The molecule has 0 saturated carbocycles. The van der Waals surface area contributed by atoms with Gasteiger partial charge in [-0.2, -0.15) is 5.10 Å². The number of nitrogens with two attached hydrogens (primary N) is 1. The number of nitrogens with zero attached hydrogens (tertiary/aromatic N) is 4. The molecule has 2 fully saturated rings. The summed E-state index contributed by atoms with van der Waals surface area (Å²) in [5.74, 6) is 1.12. The molecule has 0 aromatic carbocycles. The average molecular weight is 249 g/mol. The fourth-order valence-electron chi connectivity index (χ4n) is 3.41. The van der Waals surface area contributed by atoms with Gasteiger partial charge in [0.05, 0.1) is 11.4 Å². The van der Waals surface area contributed by atoms with Crippen molar-refractivity contribution in [3.63, 3.8) is 0 Å². The largest absolute Gasteiger partial charge is 0.394 e. The van der Waals surface area contributed by atoms with Crippen LogP contribution in [0.1, 0.15) is 25.5 Å². The first-order valence-electron chi connectivity index (χ1n) is 7.01. The molecule has 0 bridgehead atoms. The van der Waals surface area contributed by atoms with Crippen LogP contribution >= 0.6 is 0 Å². The quantitative estimate of drug-likeness (QED) is 0.844. The van der Waals surface area contributed by atoms with Crippen molar-refractivity contribution in [2.24, 2.45) is 7.05 Å². The summed E-state index contributed by atoms with van der Waals surface area (Å²) in [6.07, 6.45) is 3.58. The molecule has 5 heteroatoms. The number of fused-ring (bicyclic) bond motifs is 1. The molecule has 0 spiro atoms. The normalized spacial score (nSPS) is 24.6. The SMILES string of the molecule is CCc1nn(C)c(N2CCN3CCCC3C2)c1N. The maximum Gasteiger partial charge on any atom is 0.150 e. The second-order valence-electron chi connectivity index (χ2n) is 5.44. The molecule has 1 aromatic rings. The highest BCUT2D eigenvalue weighted by atomic mass is 15.4. The van der Waals surface area contributed by atoms with Crippen LogP contribution in [0.2, 0.25) is 0 Å². The summed E-state index contributed by atoms with van der Waals surface area (Å²) >= 11 is 0. The summed E-state index contributed by atoms with van der Waals surface area (Å²) in [6, 6.07) is 0.720. The summed E-state index contributed by atoms with van der Waals surface area (Å²) in [7, 11) is 2.01. The second kappa shape index (κ2) is 4.46. The van der Waals surface area contributed by atoms with Crippen molar-refractivity contribution in [2.75, 3.05) is 36.8 Å². The Balaban J connectivity index is 1.84. The predicted octanol–water partition coefficient (Wildman–Crippen LogP) is 0.849. The van der Waals surface area contributed by atoms with Crippen LogP contribution in [-0.4, -0.2) is 46.9 Å². The fraction of sp³-hybridized carbons (Fsp3) is 0.769. The Labute approximate surface area is 109 Å². The zero-order valence-corrected chi connectivity index (χ0v) is 11.4. The van der Waals surface area contributed by atoms with Crippen LogP contribution in [0.5, 0.6) is 0 Å². The Morgan fingerprint density at radius 3 is 2.89 bits per heavy atom. The third-order valence-corrected chi connectivity index (χ3v) is 4.35.